The first-order valence-electron chi connectivity index (χ1n) is 13.7. The molecule has 1 saturated heterocycles. The Kier molecular flexibility index (Phi) is 7.80. The Hall–Kier alpha value is -4.44. The van der Waals surface area contributed by atoms with Crippen LogP contribution in [0.25, 0.3) is 15.3 Å². The third-order valence-electron chi connectivity index (χ3n) is 6.66. The van der Waals surface area contributed by atoms with Crippen molar-refractivity contribution < 1.29 is 18.8 Å². The van der Waals surface area contributed by atoms with Gasteiger partial charge in [0, 0.05) is 54.6 Å². The van der Waals surface area contributed by atoms with Crippen LogP contribution in [0, 0.1) is 11.8 Å². The third kappa shape index (κ3) is 6.54. The van der Waals surface area contributed by atoms with Crippen LogP contribution in [0.1, 0.15) is 37.8 Å². The first kappa shape index (κ1) is 27.7. The predicted octanol–water partition coefficient (Wildman–Crippen LogP) is 4.98. The van der Waals surface area contributed by atoms with Crippen LogP contribution in [0.2, 0.25) is 0 Å². The molecule has 11 nitrogen and oxygen atoms in total. The molecule has 0 unspecified atom stereocenters. The van der Waals surface area contributed by atoms with Crippen LogP contribution in [-0.4, -0.2) is 69.9 Å². The second kappa shape index (κ2) is 11.8. The van der Waals surface area contributed by atoms with Crippen molar-refractivity contribution in [2.45, 2.75) is 26.2 Å². The molecule has 1 aliphatic heterocycles. The van der Waals surface area contributed by atoms with Crippen molar-refractivity contribution in [1.29, 1.82) is 0 Å². The number of morpholine rings is 1. The number of thiazole rings is 1. The smallest absolute Gasteiger partial charge is 0.324 e. The highest BCUT2D eigenvalue weighted by atomic mass is 32.1. The highest BCUT2D eigenvalue weighted by Gasteiger charge is 2.20. The van der Waals surface area contributed by atoms with E-state index in [1.807, 2.05) is 49.6 Å². The predicted molar refractivity (Wildman–Crippen MR) is 161 cm³/mol. The van der Waals surface area contributed by atoms with Crippen molar-refractivity contribution in [2.24, 2.45) is 0 Å². The van der Waals surface area contributed by atoms with Crippen LogP contribution < -0.4 is 15.4 Å². The van der Waals surface area contributed by atoms with Gasteiger partial charge in [-0.25, -0.2) is 14.8 Å². The minimum Gasteiger partial charge on any atom is -0.491 e. The molecule has 0 aliphatic carbocycles. The molecule has 216 valence electrons. The number of amides is 2. The van der Waals surface area contributed by atoms with Gasteiger partial charge in [-0.2, -0.15) is 0 Å². The van der Waals surface area contributed by atoms with Crippen LogP contribution in [0.4, 0.5) is 16.3 Å². The molecule has 42 heavy (non-hydrogen) atoms. The molecule has 0 spiro atoms. The van der Waals surface area contributed by atoms with Gasteiger partial charge in [-0.15, -0.1) is 0 Å². The lowest BCUT2D eigenvalue weighted by Gasteiger charge is -2.26. The molecule has 2 N–H and O–H groups in total. The Morgan fingerprint density at radius 2 is 1.93 bits per heavy atom. The fourth-order valence-electron chi connectivity index (χ4n) is 4.36. The summed E-state index contributed by atoms with van der Waals surface area (Å²) in [6.45, 7) is 11.0. The zero-order valence-electron chi connectivity index (χ0n) is 23.6. The summed E-state index contributed by atoms with van der Waals surface area (Å²) in [5, 5.41) is 9.37. The minimum atomic E-state index is -0.409. The van der Waals surface area contributed by atoms with E-state index in [-0.39, 0.29) is 5.41 Å². The number of nitrogens with zero attached hydrogens (tertiary/aromatic N) is 5. The van der Waals surface area contributed by atoms with Gasteiger partial charge in [-0.05, 0) is 30.2 Å². The number of pyridine rings is 1. The third-order valence-corrected chi connectivity index (χ3v) is 7.65. The lowest BCUT2D eigenvalue weighted by Crippen LogP contribution is -2.38. The van der Waals surface area contributed by atoms with Gasteiger partial charge in [0.05, 0.1) is 24.1 Å². The zero-order valence-corrected chi connectivity index (χ0v) is 24.5. The maximum Gasteiger partial charge on any atom is 0.324 e. The fraction of sp³-hybridized carbons (Fsp3) is 0.333. The average Bonchev–Trinajstić information content (AvgIpc) is 3.68. The van der Waals surface area contributed by atoms with Gasteiger partial charge in [-0.1, -0.05) is 43.2 Å². The molecule has 5 aromatic rings. The number of urea groups is 1. The van der Waals surface area contributed by atoms with E-state index < -0.39 is 6.03 Å². The molecular formula is C30H31N7O4S. The largest absolute Gasteiger partial charge is 0.491 e. The van der Waals surface area contributed by atoms with Crippen LogP contribution in [-0.2, 0) is 10.2 Å². The number of benzene rings is 1. The lowest BCUT2D eigenvalue weighted by molar-refractivity contribution is 0.0322. The molecule has 0 bridgehead atoms. The number of rotatable bonds is 6. The van der Waals surface area contributed by atoms with Gasteiger partial charge in [-0.3, -0.25) is 14.6 Å². The fourth-order valence-corrected chi connectivity index (χ4v) is 5.35. The minimum absolute atomic E-state index is 0.195. The Balaban J connectivity index is 1.05. The van der Waals surface area contributed by atoms with E-state index in [1.54, 1.807) is 35.7 Å². The summed E-state index contributed by atoms with van der Waals surface area (Å²) < 4.78 is 19.6. The molecule has 5 heterocycles. The molecule has 6 rings (SSSR count). The second-order valence-electron chi connectivity index (χ2n) is 10.9. The van der Waals surface area contributed by atoms with Crippen molar-refractivity contribution in [3.05, 3.63) is 65.8 Å². The number of carbonyl (C=O) groups excluding carboxylic acids is 1. The van der Waals surface area contributed by atoms with Gasteiger partial charge in [0.15, 0.2) is 16.4 Å². The van der Waals surface area contributed by atoms with Crippen LogP contribution in [0.15, 0.2) is 53.3 Å². The van der Waals surface area contributed by atoms with Crippen LogP contribution >= 0.6 is 11.3 Å². The summed E-state index contributed by atoms with van der Waals surface area (Å²) in [7, 11) is 0. The number of aromatic nitrogens is 4. The number of fused-ring (bicyclic) bond motifs is 3. The number of hydrogen-bond donors (Lipinski definition) is 2. The lowest BCUT2D eigenvalue weighted by atomic mass is 9.93. The second-order valence-corrected chi connectivity index (χ2v) is 11.9. The van der Waals surface area contributed by atoms with E-state index in [2.05, 4.69) is 42.5 Å². The van der Waals surface area contributed by atoms with Crippen molar-refractivity contribution in [1.82, 2.24) is 24.4 Å². The Morgan fingerprint density at radius 1 is 1.12 bits per heavy atom. The highest BCUT2D eigenvalue weighted by Crippen LogP contribution is 2.28. The first-order valence-corrected chi connectivity index (χ1v) is 14.5. The maximum absolute atomic E-state index is 12.4. The summed E-state index contributed by atoms with van der Waals surface area (Å²) in [5.41, 5.74) is 2.71. The quantitative estimate of drug-likeness (QED) is 0.268. The monoisotopic (exact) mass is 585 g/mol. The molecule has 0 atom stereocenters. The summed E-state index contributed by atoms with van der Waals surface area (Å²) >= 11 is 1.55. The molecule has 1 aromatic carbocycles. The summed E-state index contributed by atoms with van der Waals surface area (Å²) in [6.07, 6.45) is 3.65. The molecule has 0 saturated carbocycles. The molecular weight excluding hydrogens is 554 g/mol. The molecule has 2 amide bonds. The van der Waals surface area contributed by atoms with Crippen molar-refractivity contribution in [3.63, 3.8) is 0 Å². The summed E-state index contributed by atoms with van der Waals surface area (Å²) in [4.78, 5) is 24.8. The molecule has 1 fully saturated rings. The summed E-state index contributed by atoms with van der Waals surface area (Å²) in [5.74, 6) is 8.05. The van der Waals surface area contributed by atoms with E-state index in [1.165, 1.54) is 0 Å². The topological polar surface area (TPSA) is 119 Å². The van der Waals surface area contributed by atoms with E-state index in [4.69, 9.17) is 14.0 Å². The number of carbonyl (C=O) groups is 1. The van der Waals surface area contributed by atoms with E-state index in [9.17, 15) is 4.79 Å². The normalized spacial score (nSPS) is 14.1. The Labute approximate surface area is 246 Å². The molecule has 1 aliphatic rings. The number of anilines is 2. The Bertz CT molecular complexity index is 1770. The van der Waals surface area contributed by atoms with E-state index >= 15 is 0 Å². The Morgan fingerprint density at radius 3 is 2.69 bits per heavy atom. The van der Waals surface area contributed by atoms with Crippen LogP contribution in [0.3, 0.4) is 0 Å². The standard InChI is InChI=1S/C30H31N7O4S/c1-30(2,3)25-17-26(35-41-25)34-28(38)32-21-7-4-20(5-8-21)6-9-22-19-37-27-24(42-29(37)33-22)16-23(18-31-27)40-15-12-36-10-13-39-14-11-36/h4-5,7-8,16-19H,10-15H2,1-3H3,(H2,32,34,35,38). The van der Waals surface area contributed by atoms with Gasteiger partial charge in [0.1, 0.15) is 23.8 Å². The summed E-state index contributed by atoms with van der Waals surface area (Å²) in [6, 6.07) is 10.6. The van der Waals surface area contributed by atoms with Gasteiger partial charge < -0.3 is 19.3 Å². The zero-order chi connectivity index (χ0) is 29.1. The molecule has 4 aromatic heterocycles. The van der Waals surface area contributed by atoms with E-state index in [0.29, 0.717) is 29.6 Å². The van der Waals surface area contributed by atoms with Gasteiger partial charge in [0.2, 0.25) is 0 Å². The number of hydrogen-bond acceptors (Lipinski definition) is 9. The van der Waals surface area contributed by atoms with Crippen LogP contribution in [0.5, 0.6) is 5.75 Å². The molecule has 0 radical (unpaired) electrons. The number of imidazole rings is 1. The maximum atomic E-state index is 12.4. The molecule has 12 heteroatoms. The van der Waals surface area contributed by atoms with Crippen molar-refractivity contribution in [3.8, 4) is 17.6 Å². The van der Waals surface area contributed by atoms with E-state index in [0.717, 1.165) is 59.5 Å². The van der Waals surface area contributed by atoms with Crippen molar-refractivity contribution >= 4 is 44.2 Å². The SMILES string of the molecule is CC(C)(C)c1cc(NC(=O)Nc2ccc(C#Cc3cn4c(n3)sc3cc(OCCN5CCOCC5)cnc34)cc2)no1. The number of nitrogens with one attached hydrogen (secondary N) is 2. The average molecular weight is 586 g/mol. The van der Waals surface area contributed by atoms with Crippen molar-refractivity contribution in [2.75, 3.05) is 50.1 Å². The van der Waals surface area contributed by atoms with Gasteiger partial charge >= 0.3 is 6.03 Å². The first-order chi connectivity index (χ1) is 20.3. The number of ether oxygens (including phenoxy) is 2. The van der Waals surface area contributed by atoms with Gasteiger partial charge in [0.25, 0.3) is 0 Å². The highest BCUT2D eigenvalue weighted by molar-refractivity contribution is 7.23.